The average Bonchev–Trinajstić information content (AvgIpc) is 2.64. The van der Waals surface area contributed by atoms with Crippen LogP contribution in [0.15, 0.2) is 0 Å². The van der Waals surface area contributed by atoms with Crippen LogP contribution in [0.5, 0.6) is 0 Å². The van der Waals surface area contributed by atoms with E-state index in [1.807, 2.05) is 0 Å². The van der Waals surface area contributed by atoms with Gasteiger partial charge in [0.05, 0.1) is 11.8 Å². The Kier molecular flexibility index (Phi) is 4.36. The van der Waals surface area contributed by atoms with Gasteiger partial charge in [0.15, 0.2) is 5.13 Å². The number of hydrogen-bond donors (Lipinski definition) is 1. The molecule has 1 aliphatic heterocycles. The van der Waals surface area contributed by atoms with Gasteiger partial charge in [-0.2, -0.15) is 0 Å². The standard InChI is InChI=1S/C12H21N3OS/c1-3-10-11(7-13)17-12(14-10)15-5-4-6-16-9(2)8-15/h9H,3-8,13H2,1-2H3. The Labute approximate surface area is 107 Å². The molecule has 4 nitrogen and oxygen atoms in total. The fourth-order valence-corrected chi connectivity index (χ4v) is 3.17. The summed E-state index contributed by atoms with van der Waals surface area (Å²) in [5.74, 6) is 0. The smallest absolute Gasteiger partial charge is 0.185 e. The average molecular weight is 255 g/mol. The molecule has 1 aliphatic rings. The number of rotatable bonds is 3. The number of aryl methyl sites for hydroxylation is 1. The second kappa shape index (κ2) is 5.80. The van der Waals surface area contributed by atoms with Gasteiger partial charge in [-0.1, -0.05) is 6.92 Å². The molecule has 2 N–H and O–H groups in total. The Morgan fingerprint density at radius 1 is 1.59 bits per heavy atom. The monoisotopic (exact) mass is 255 g/mol. The zero-order valence-corrected chi connectivity index (χ0v) is 11.4. The first kappa shape index (κ1) is 12.8. The summed E-state index contributed by atoms with van der Waals surface area (Å²) >= 11 is 1.74. The molecule has 0 saturated carbocycles. The highest BCUT2D eigenvalue weighted by molar-refractivity contribution is 7.15. The Morgan fingerprint density at radius 3 is 3.06 bits per heavy atom. The second-order valence-corrected chi connectivity index (χ2v) is 5.47. The molecule has 1 saturated heterocycles. The Balaban J connectivity index is 2.17. The fraction of sp³-hybridized carbons (Fsp3) is 0.750. The van der Waals surface area contributed by atoms with E-state index >= 15 is 0 Å². The van der Waals surface area contributed by atoms with Crippen LogP contribution >= 0.6 is 11.3 Å². The predicted molar refractivity (Wildman–Crippen MR) is 71.6 cm³/mol. The van der Waals surface area contributed by atoms with Crippen LogP contribution in [-0.2, 0) is 17.7 Å². The van der Waals surface area contributed by atoms with Gasteiger partial charge in [-0.05, 0) is 19.8 Å². The van der Waals surface area contributed by atoms with E-state index in [2.05, 4.69) is 18.7 Å². The van der Waals surface area contributed by atoms with Gasteiger partial charge >= 0.3 is 0 Å². The number of nitrogens with zero attached hydrogens (tertiary/aromatic N) is 2. The molecule has 0 amide bonds. The first-order valence-electron chi connectivity index (χ1n) is 6.29. The van der Waals surface area contributed by atoms with Crippen LogP contribution < -0.4 is 10.6 Å². The molecule has 1 aromatic heterocycles. The lowest BCUT2D eigenvalue weighted by Crippen LogP contribution is -2.29. The molecule has 0 spiro atoms. The molecule has 1 atom stereocenters. The molecule has 0 bridgehead atoms. The van der Waals surface area contributed by atoms with Crippen molar-refractivity contribution >= 4 is 16.5 Å². The minimum absolute atomic E-state index is 0.285. The molecule has 0 aliphatic carbocycles. The van der Waals surface area contributed by atoms with Gasteiger partial charge in [-0.3, -0.25) is 0 Å². The zero-order chi connectivity index (χ0) is 12.3. The Hall–Kier alpha value is -0.650. The topological polar surface area (TPSA) is 51.4 Å². The van der Waals surface area contributed by atoms with Gasteiger partial charge in [-0.15, -0.1) is 11.3 Å². The van der Waals surface area contributed by atoms with Crippen molar-refractivity contribution in [3.63, 3.8) is 0 Å². The van der Waals surface area contributed by atoms with E-state index in [-0.39, 0.29) is 6.10 Å². The maximum atomic E-state index is 5.75. The van der Waals surface area contributed by atoms with E-state index in [0.717, 1.165) is 43.4 Å². The zero-order valence-electron chi connectivity index (χ0n) is 10.6. The van der Waals surface area contributed by atoms with Crippen LogP contribution in [0, 0.1) is 0 Å². The summed E-state index contributed by atoms with van der Waals surface area (Å²) in [5.41, 5.74) is 6.91. The highest BCUT2D eigenvalue weighted by Gasteiger charge is 2.19. The minimum Gasteiger partial charge on any atom is -0.377 e. The van der Waals surface area contributed by atoms with Crippen molar-refractivity contribution in [2.45, 2.75) is 39.3 Å². The third kappa shape index (κ3) is 2.97. The second-order valence-electron chi connectivity index (χ2n) is 4.40. The van der Waals surface area contributed by atoms with Crippen LogP contribution in [0.25, 0.3) is 0 Å². The number of aromatic nitrogens is 1. The quantitative estimate of drug-likeness (QED) is 0.894. The molecule has 1 fully saturated rings. The lowest BCUT2D eigenvalue weighted by Gasteiger charge is -2.20. The van der Waals surface area contributed by atoms with Gasteiger partial charge < -0.3 is 15.4 Å². The number of anilines is 1. The molecule has 17 heavy (non-hydrogen) atoms. The first-order chi connectivity index (χ1) is 8.24. The molecular formula is C12H21N3OS. The lowest BCUT2D eigenvalue weighted by atomic mass is 10.3. The number of thiazole rings is 1. The molecule has 1 aromatic rings. The lowest BCUT2D eigenvalue weighted by molar-refractivity contribution is 0.0821. The summed E-state index contributed by atoms with van der Waals surface area (Å²) < 4.78 is 5.65. The van der Waals surface area contributed by atoms with Crippen molar-refractivity contribution in [3.05, 3.63) is 10.6 Å². The fourth-order valence-electron chi connectivity index (χ4n) is 2.11. The summed E-state index contributed by atoms with van der Waals surface area (Å²) in [6.07, 6.45) is 2.32. The molecular weight excluding hydrogens is 234 g/mol. The van der Waals surface area contributed by atoms with Crippen molar-refractivity contribution in [2.24, 2.45) is 5.73 Å². The molecule has 2 heterocycles. The van der Waals surface area contributed by atoms with Crippen molar-refractivity contribution in [1.29, 1.82) is 0 Å². The molecule has 1 unspecified atom stereocenters. The van der Waals surface area contributed by atoms with Crippen LogP contribution in [0.1, 0.15) is 30.8 Å². The van der Waals surface area contributed by atoms with E-state index in [1.165, 1.54) is 4.88 Å². The minimum atomic E-state index is 0.285. The van der Waals surface area contributed by atoms with Crippen LogP contribution in [0.2, 0.25) is 0 Å². The van der Waals surface area contributed by atoms with Gasteiger partial charge in [-0.25, -0.2) is 4.98 Å². The first-order valence-corrected chi connectivity index (χ1v) is 7.11. The normalized spacial score (nSPS) is 21.6. The van der Waals surface area contributed by atoms with Crippen LogP contribution in [0.3, 0.4) is 0 Å². The summed E-state index contributed by atoms with van der Waals surface area (Å²) in [4.78, 5) is 8.26. The summed E-state index contributed by atoms with van der Waals surface area (Å²) in [7, 11) is 0. The third-order valence-electron chi connectivity index (χ3n) is 3.01. The molecule has 0 radical (unpaired) electrons. The third-order valence-corrected chi connectivity index (χ3v) is 4.19. The van der Waals surface area contributed by atoms with Gasteiger partial charge in [0, 0.05) is 31.1 Å². The van der Waals surface area contributed by atoms with Crippen LogP contribution in [-0.4, -0.2) is 30.8 Å². The Bertz CT molecular complexity index is 345. The van der Waals surface area contributed by atoms with E-state index < -0.39 is 0 Å². The van der Waals surface area contributed by atoms with E-state index in [9.17, 15) is 0 Å². The highest BCUT2D eigenvalue weighted by Crippen LogP contribution is 2.27. The van der Waals surface area contributed by atoms with Crippen LogP contribution in [0.4, 0.5) is 5.13 Å². The maximum absolute atomic E-state index is 5.75. The molecule has 96 valence electrons. The number of hydrogen-bond acceptors (Lipinski definition) is 5. The van der Waals surface area contributed by atoms with Gasteiger partial charge in [0.1, 0.15) is 0 Å². The summed E-state index contributed by atoms with van der Waals surface area (Å²) in [6.45, 7) is 7.67. The van der Waals surface area contributed by atoms with Crippen molar-refractivity contribution < 1.29 is 4.74 Å². The summed E-state index contributed by atoms with van der Waals surface area (Å²) in [5, 5.41) is 1.11. The largest absolute Gasteiger partial charge is 0.377 e. The van der Waals surface area contributed by atoms with E-state index in [0.29, 0.717) is 6.54 Å². The van der Waals surface area contributed by atoms with Crippen molar-refractivity contribution in [2.75, 3.05) is 24.6 Å². The highest BCUT2D eigenvalue weighted by atomic mass is 32.1. The molecule has 0 aromatic carbocycles. The predicted octanol–water partition coefficient (Wildman–Crippen LogP) is 1.78. The maximum Gasteiger partial charge on any atom is 0.185 e. The van der Waals surface area contributed by atoms with Crippen molar-refractivity contribution in [3.8, 4) is 0 Å². The number of nitrogens with two attached hydrogens (primary N) is 1. The van der Waals surface area contributed by atoms with E-state index in [4.69, 9.17) is 15.5 Å². The number of ether oxygens (including phenoxy) is 1. The van der Waals surface area contributed by atoms with Gasteiger partial charge in [0.25, 0.3) is 0 Å². The molecule has 5 heteroatoms. The van der Waals surface area contributed by atoms with E-state index in [1.54, 1.807) is 11.3 Å². The SMILES string of the molecule is CCc1nc(N2CCCOC(C)C2)sc1CN. The van der Waals surface area contributed by atoms with Crippen molar-refractivity contribution in [1.82, 2.24) is 4.98 Å². The van der Waals surface area contributed by atoms with Gasteiger partial charge in [0.2, 0.25) is 0 Å². The Morgan fingerprint density at radius 2 is 2.41 bits per heavy atom. The summed E-state index contributed by atoms with van der Waals surface area (Å²) in [6, 6.07) is 0. The molecule has 2 rings (SSSR count).